The molecule has 0 saturated heterocycles. The van der Waals surface area contributed by atoms with Crippen LogP contribution in [0.1, 0.15) is 59.8 Å². The van der Waals surface area contributed by atoms with Crippen molar-refractivity contribution in [1.29, 1.82) is 0 Å². The molecule has 0 radical (unpaired) electrons. The second-order valence-corrected chi connectivity index (χ2v) is 7.67. The highest BCUT2D eigenvalue weighted by Gasteiger charge is 2.35. The number of hydrogen-bond acceptors (Lipinski definition) is 3. The third-order valence-electron chi connectivity index (χ3n) is 4.88. The van der Waals surface area contributed by atoms with Crippen molar-refractivity contribution in [2.75, 3.05) is 39.3 Å². The van der Waals surface area contributed by atoms with Gasteiger partial charge in [0.2, 0.25) is 0 Å². The van der Waals surface area contributed by atoms with Crippen molar-refractivity contribution in [3.63, 3.8) is 0 Å². The van der Waals surface area contributed by atoms with Crippen molar-refractivity contribution in [1.82, 2.24) is 10.2 Å². The molecule has 126 valence electrons. The van der Waals surface area contributed by atoms with Crippen molar-refractivity contribution in [3.8, 4) is 0 Å². The molecule has 3 heteroatoms. The Labute approximate surface area is 132 Å². The van der Waals surface area contributed by atoms with Gasteiger partial charge in [0, 0.05) is 26.2 Å². The van der Waals surface area contributed by atoms with E-state index in [0.717, 1.165) is 44.4 Å². The molecule has 1 saturated carbocycles. The molecule has 0 aromatic heterocycles. The predicted molar refractivity (Wildman–Crippen MR) is 91.6 cm³/mol. The van der Waals surface area contributed by atoms with E-state index in [-0.39, 0.29) is 0 Å². The molecule has 0 heterocycles. The maximum atomic E-state index is 9.09. The zero-order valence-electron chi connectivity index (χ0n) is 14.8. The topological polar surface area (TPSA) is 35.5 Å². The molecule has 0 aromatic rings. The van der Waals surface area contributed by atoms with Crippen LogP contribution in [-0.4, -0.2) is 49.3 Å². The Balaban J connectivity index is 2.61. The first-order chi connectivity index (χ1) is 10.0. The number of aliphatic hydroxyl groups excluding tert-OH is 1. The summed E-state index contributed by atoms with van der Waals surface area (Å²) in [5, 5.41) is 12.8. The van der Waals surface area contributed by atoms with Crippen molar-refractivity contribution in [2.45, 2.75) is 59.8 Å². The summed E-state index contributed by atoms with van der Waals surface area (Å²) >= 11 is 0. The fraction of sp³-hybridized carbons (Fsp3) is 1.00. The van der Waals surface area contributed by atoms with E-state index in [9.17, 15) is 0 Å². The van der Waals surface area contributed by atoms with Gasteiger partial charge in [-0.05, 0) is 49.6 Å². The van der Waals surface area contributed by atoms with Crippen molar-refractivity contribution in [2.24, 2.45) is 17.3 Å². The quantitative estimate of drug-likeness (QED) is 0.650. The zero-order valence-corrected chi connectivity index (χ0v) is 14.8. The van der Waals surface area contributed by atoms with Gasteiger partial charge in [-0.25, -0.2) is 0 Å². The lowest BCUT2D eigenvalue weighted by Gasteiger charge is -2.43. The van der Waals surface area contributed by atoms with Gasteiger partial charge in [-0.15, -0.1) is 0 Å². The minimum atomic E-state index is 0.311. The van der Waals surface area contributed by atoms with E-state index < -0.39 is 0 Å². The Hall–Kier alpha value is -0.120. The highest BCUT2D eigenvalue weighted by molar-refractivity contribution is 4.90. The van der Waals surface area contributed by atoms with Crippen LogP contribution in [0, 0.1) is 17.3 Å². The molecule has 2 N–H and O–H groups in total. The molecule has 21 heavy (non-hydrogen) atoms. The smallest absolute Gasteiger partial charge is 0.0443 e. The molecule has 0 amide bonds. The van der Waals surface area contributed by atoms with Crippen LogP contribution in [0.4, 0.5) is 0 Å². The first-order valence-electron chi connectivity index (χ1n) is 9.05. The Bertz CT molecular complexity index is 270. The average Bonchev–Trinajstić information content (AvgIpc) is 2.43. The summed E-state index contributed by atoms with van der Waals surface area (Å²) in [6.07, 6.45) is 6.39. The second-order valence-electron chi connectivity index (χ2n) is 7.67. The summed E-state index contributed by atoms with van der Waals surface area (Å²) < 4.78 is 0. The first kappa shape index (κ1) is 18.9. The van der Waals surface area contributed by atoms with Crippen molar-refractivity contribution < 1.29 is 5.11 Å². The van der Waals surface area contributed by atoms with Crippen molar-refractivity contribution in [3.05, 3.63) is 0 Å². The lowest BCUT2D eigenvalue weighted by molar-refractivity contribution is 0.0783. The van der Waals surface area contributed by atoms with E-state index >= 15 is 0 Å². The van der Waals surface area contributed by atoms with Crippen LogP contribution in [0.15, 0.2) is 0 Å². The molecule has 0 spiro atoms. The van der Waals surface area contributed by atoms with Gasteiger partial charge < -0.3 is 15.3 Å². The van der Waals surface area contributed by atoms with Crippen LogP contribution < -0.4 is 5.32 Å². The van der Waals surface area contributed by atoms with Crippen LogP contribution in [-0.2, 0) is 0 Å². The van der Waals surface area contributed by atoms with Gasteiger partial charge in [-0.3, -0.25) is 0 Å². The third kappa shape index (κ3) is 7.12. The van der Waals surface area contributed by atoms with Gasteiger partial charge in [-0.2, -0.15) is 0 Å². The van der Waals surface area contributed by atoms with E-state index in [2.05, 4.69) is 37.9 Å². The zero-order chi connectivity index (χ0) is 15.7. The monoisotopic (exact) mass is 298 g/mol. The van der Waals surface area contributed by atoms with Gasteiger partial charge in [0.25, 0.3) is 0 Å². The molecule has 2 unspecified atom stereocenters. The highest BCUT2D eigenvalue weighted by Crippen LogP contribution is 2.39. The Morgan fingerprint density at radius 3 is 2.71 bits per heavy atom. The summed E-state index contributed by atoms with van der Waals surface area (Å²) in [5.41, 5.74) is 0.442. The fourth-order valence-electron chi connectivity index (χ4n) is 3.87. The minimum absolute atomic E-state index is 0.311. The standard InChI is InChI=1S/C18H38N2O/c1-5-20(10-7-11-21)15-18(14-19-13-16(2)3)9-6-8-17(4)12-18/h16-17,19,21H,5-15H2,1-4H3. The molecule has 1 rings (SSSR count). The van der Waals surface area contributed by atoms with E-state index in [1.807, 2.05) is 0 Å². The van der Waals surface area contributed by atoms with E-state index in [1.165, 1.54) is 32.2 Å². The first-order valence-corrected chi connectivity index (χ1v) is 9.05. The van der Waals surface area contributed by atoms with E-state index in [4.69, 9.17) is 5.11 Å². The molecule has 1 aliphatic carbocycles. The van der Waals surface area contributed by atoms with Crippen LogP contribution in [0.2, 0.25) is 0 Å². The minimum Gasteiger partial charge on any atom is -0.396 e. The maximum absolute atomic E-state index is 9.09. The van der Waals surface area contributed by atoms with Crippen molar-refractivity contribution >= 4 is 0 Å². The summed E-state index contributed by atoms with van der Waals surface area (Å²) in [7, 11) is 0. The maximum Gasteiger partial charge on any atom is 0.0443 e. The Morgan fingerprint density at radius 1 is 1.38 bits per heavy atom. The van der Waals surface area contributed by atoms with E-state index in [1.54, 1.807) is 0 Å². The molecule has 3 nitrogen and oxygen atoms in total. The molecule has 0 aromatic carbocycles. The van der Waals surface area contributed by atoms with E-state index in [0.29, 0.717) is 12.0 Å². The SMILES string of the molecule is CCN(CCCO)CC1(CNCC(C)C)CCCC(C)C1. The lowest BCUT2D eigenvalue weighted by Crippen LogP contribution is -2.47. The number of aliphatic hydroxyl groups is 1. The van der Waals surface area contributed by atoms with Gasteiger partial charge >= 0.3 is 0 Å². The fourth-order valence-corrected chi connectivity index (χ4v) is 3.87. The normalized spacial score (nSPS) is 26.7. The molecular formula is C18H38N2O. The van der Waals surface area contributed by atoms with Gasteiger partial charge in [0.15, 0.2) is 0 Å². The van der Waals surface area contributed by atoms with Crippen LogP contribution in [0.3, 0.4) is 0 Å². The molecule has 1 fully saturated rings. The Kier molecular flexibility index (Phi) is 8.84. The number of rotatable bonds is 10. The predicted octanol–water partition coefficient (Wildman–Crippen LogP) is 3.13. The third-order valence-corrected chi connectivity index (χ3v) is 4.88. The van der Waals surface area contributed by atoms with Gasteiger partial charge in [0.1, 0.15) is 0 Å². The number of hydrogen-bond donors (Lipinski definition) is 2. The summed E-state index contributed by atoms with van der Waals surface area (Å²) in [4.78, 5) is 2.55. The van der Waals surface area contributed by atoms with Gasteiger partial charge in [-0.1, -0.05) is 40.5 Å². The molecule has 0 bridgehead atoms. The summed E-state index contributed by atoms with van der Waals surface area (Å²) in [5.74, 6) is 1.58. The van der Waals surface area contributed by atoms with Gasteiger partial charge in [0.05, 0.1) is 0 Å². The van der Waals surface area contributed by atoms with Crippen LogP contribution in [0.5, 0.6) is 0 Å². The number of nitrogens with zero attached hydrogens (tertiary/aromatic N) is 1. The molecule has 0 aliphatic heterocycles. The average molecular weight is 299 g/mol. The van der Waals surface area contributed by atoms with Crippen LogP contribution >= 0.6 is 0 Å². The van der Waals surface area contributed by atoms with Crippen LogP contribution in [0.25, 0.3) is 0 Å². The molecule has 2 atom stereocenters. The highest BCUT2D eigenvalue weighted by atomic mass is 16.3. The molecular weight excluding hydrogens is 260 g/mol. The lowest BCUT2D eigenvalue weighted by atomic mass is 9.69. The largest absolute Gasteiger partial charge is 0.396 e. The molecule has 1 aliphatic rings. The number of nitrogens with one attached hydrogen (secondary N) is 1. The summed E-state index contributed by atoms with van der Waals surface area (Å²) in [6, 6.07) is 0. The second kappa shape index (κ2) is 9.81. The summed E-state index contributed by atoms with van der Waals surface area (Å²) in [6.45, 7) is 15.1. The Morgan fingerprint density at radius 2 is 2.14 bits per heavy atom.